The van der Waals surface area contributed by atoms with Crippen molar-refractivity contribution < 1.29 is 18.7 Å². The van der Waals surface area contributed by atoms with Gasteiger partial charge in [-0.05, 0) is 85.5 Å². The second-order valence-electron chi connectivity index (χ2n) is 15.0. The SMILES string of the molecule is Cc1ccc(-c2cn(CC3CCC3)cc(C(=O)Nc3ccc(-c4cc(-c5ccc(CN6CCC(CC7COC7)C6=O)cc5)cnc4N)c(F)c3)c2=O)nc1. The number of halogens is 1. The number of nitrogens with two attached hydrogens (primary N) is 1. The lowest BCUT2D eigenvalue weighted by atomic mass is 9.85. The molecule has 2 aromatic carbocycles. The Balaban J connectivity index is 0.979. The van der Waals surface area contributed by atoms with E-state index >= 15 is 4.39 Å². The lowest BCUT2D eigenvalue weighted by Crippen LogP contribution is -2.32. The summed E-state index contributed by atoms with van der Waals surface area (Å²) in [5.74, 6) is 0.221. The van der Waals surface area contributed by atoms with E-state index in [1.165, 1.54) is 12.5 Å². The van der Waals surface area contributed by atoms with Crippen LogP contribution in [0, 0.1) is 30.5 Å². The van der Waals surface area contributed by atoms with Gasteiger partial charge in [0.1, 0.15) is 17.2 Å². The van der Waals surface area contributed by atoms with Crippen LogP contribution in [0.25, 0.3) is 33.5 Å². The van der Waals surface area contributed by atoms with Gasteiger partial charge in [-0.2, -0.15) is 0 Å². The van der Waals surface area contributed by atoms with Gasteiger partial charge in [-0.3, -0.25) is 19.4 Å². The van der Waals surface area contributed by atoms with Crippen LogP contribution in [0.15, 0.2) is 90.2 Å². The first-order valence-corrected chi connectivity index (χ1v) is 18.7. The van der Waals surface area contributed by atoms with Crippen molar-refractivity contribution in [2.45, 2.75) is 52.1 Å². The second-order valence-corrected chi connectivity index (χ2v) is 15.0. The molecular weight excluding hydrogens is 684 g/mol. The number of likely N-dealkylation sites (tertiary alicyclic amines) is 1. The van der Waals surface area contributed by atoms with Crippen LogP contribution in [0.1, 0.15) is 53.6 Å². The number of ether oxygens (including phenoxy) is 1. The van der Waals surface area contributed by atoms with E-state index in [4.69, 9.17) is 10.5 Å². The molecule has 1 atom stereocenters. The summed E-state index contributed by atoms with van der Waals surface area (Å²) in [7, 11) is 0. The topological polar surface area (TPSA) is 132 Å². The first-order chi connectivity index (χ1) is 26.2. The minimum atomic E-state index is -0.632. The van der Waals surface area contributed by atoms with Crippen molar-refractivity contribution in [2.24, 2.45) is 17.8 Å². The summed E-state index contributed by atoms with van der Waals surface area (Å²) in [6.45, 7) is 5.45. The van der Waals surface area contributed by atoms with Crippen LogP contribution in [0.2, 0.25) is 0 Å². The molecule has 0 radical (unpaired) electrons. The molecule has 54 heavy (non-hydrogen) atoms. The maximum absolute atomic E-state index is 15.8. The van der Waals surface area contributed by atoms with Crippen LogP contribution < -0.4 is 16.5 Å². The predicted molar refractivity (Wildman–Crippen MR) is 206 cm³/mol. The van der Waals surface area contributed by atoms with Gasteiger partial charge in [0.15, 0.2) is 0 Å². The standard InChI is InChI=1S/C43H43FN6O4/c1-26-5-12-39(46-18-26)36-22-49(20-27-3-2-4-27)23-37(40(36)51)42(52)48-33-10-11-34(38(44)17-33)35-16-32(19-47-41(35)45)30-8-6-28(7-9-30)21-50-14-13-31(43(50)53)15-29-24-54-25-29/h5-12,16-19,22-23,27,29,31H,2-4,13-15,20-21,24-25H2,1H3,(H2,45,47)(H,48,52). The number of pyridine rings is 3. The minimum absolute atomic E-state index is 0.0402. The molecule has 3 N–H and O–H groups in total. The molecule has 10 nitrogen and oxygen atoms in total. The summed E-state index contributed by atoms with van der Waals surface area (Å²) < 4.78 is 23.0. The summed E-state index contributed by atoms with van der Waals surface area (Å²) in [6.07, 6.45) is 11.9. The fourth-order valence-corrected chi connectivity index (χ4v) is 7.57. The lowest BCUT2D eigenvalue weighted by Gasteiger charge is -2.27. The molecule has 1 saturated carbocycles. The van der Waals surface area contributed by atoms with Gasteiger partial charge in [-0.1, -0.05) is 36.8 Å². The highest BCUT2D eigenvalue weighted by Gasteiger charge is 2.35. The second kappa shape index (κ2) is 15.0. The Bertz CT molecular complexity index is 2260. The van der Waals surface area contributed by atoms with Crippen molar-refractivity contribution in [3.05, 3.63) is 118 Å². The molecule has 2 amide bonds. The van der Waals surface area contributed by atoms with Gasteiger partial charge in [0.25, 0.3) is 5.91 Å². The molecule has 3 aromatic heterocycles. The number of nitrogens with zero attached hydrogens (tertiary/aromatic N) is 4. The van der Waals surface area contributed by atoms with Crippen LogP contribution in [0.3, 0.4) is 0 Å². The quantitative estimate of drug-likeness (QED) is 0.148. The molecule has 1 unspecified atom stereocenters. The Hall–Kier alpha value is -5.68. The highest BCUT2D eigenvalue weighted by Crippen LogP contribution is 2.34. The maximum atomic E-state index is 15.8. The van der Waals surface area contributed by atoms with Crippen molar-refractivity contribution in [2.75, 3.05) is 30.8 Å². The number of carbonyl (C=O) groups excluding carboxylic acids is 2. The van der Waals surface area contributed by atoms with E-state index in [2.05, 4.69) is 15.3 Å². The first-order valence-electron chi connectivity index (χ1n) is 18.7. The van der Waals surface area contributed by atoms with Gasteiger partial charge in [-0.25, -0.2) is 9.37 Å². The smallest absolute Gasteiger partial charge is 0.261 e. The van der Waals surface area contributed by atoms with E-state index in [0.717, 1.165) is 67.7 Å². The molecule has 5 heterocycles. The van der Waals surface area contributed by atoms with Gasteiger partial charge in [0.05, 0.1) is 24.5 Å². The molecule has 1 aliphatic carbocycles. The van der Waals surface area contributed by atoms with Gasteiger partial charge in [0, 0.05) is 78.6 Å². The molecule has 3 aliphatic rings. The number of nitrogens with one attached hydrogen (secondary N) is 1. The molecule has 3 fully saturated rings. The summed E-state index contributed by atoms with van der Waals surface area (Å²) in [4.78, 5) is 51.0. The molecule has 0 spiro atoms. The van der Waals surface area contributed by atoms with E-state index < -0.39 is 17.2 Å². The Kier molecular flexibility index (Phi) is 9.81. The molecule has 0 bridgehead atoms. The number of amides is 2. The number of anilines is 2. The Morgan fingerprint density at radius 2 is 1.72 bits per heavy atom. The highest BCUT2D eigenvalue weighted by atomic mass is 19.1. The fraction of sp³-hybridized carbons (Fsp3) is 0.326. The van der Waals surface area contributed by atoms with Crippen LogP contribution in [0.4, 0.5) is 15.9 Å². The van der Waals surface area contributed by atoms with Crippen molar-refractivity contribution in [1.29, 1.82) is 0 Å². The molecule has 5 aromatic rings. The summed E-state index contributed by atoms with van der Waals surface area (Å²) in [5.41, 5.74) is 11.1. The van der Waals surface area contributed by atoms with Crippen LogP contribution >= 0.6 is 0 Å². The third kappa shape index (κ3) is 7.41. The van der Waals surface area contributed by atoms with Gasteiger partial charge < -0.3 is 25.3 Å². The van der Waals surface area contributed by atoms with Gasteiger partial charge in [0.2, 0.25) is 11.3 Å². The number of aryl methyl sites for hydroxylation is 1. The number of rotatable bonds is 11. The normalized spacial score (nSPS) is 17.3. The van der Waals surface area contributed by atoms with Gasteiger partial charge in [-0.15, -0.1) is 0 Å². The van der Waals surface area contributed by atoms with Crippen molar-refractivity contribution in [3.63, 3.8) is 0 Å². The molecule has 2 saturated heterocycles. The number of hydrogen-bond donors (Lipinski definition) is 2. The summed E-state index contributed by atoms with van der Waals surface area (Å²) >= 11 is 0. The maximum Gasteiger partial charge on any atom is 0.261 e. The minimum Gasteiger partial charge on any atom is -0.383 e. The largest absolute Gasteiger partial charge is 0.383 e. The number of nitrogen functional groups attached to an aromatic ring is 1. The van der Waals surface area contributed by atoms with Crippen molar-refractivity contribution >= 4 is 23.3 Å². The van der Waals surface area contributed by atoms with Crippen LogP contribution in [0.5, 0.6) is 0 Å². The fourth-order valence-electron chi connectivity index (χ4n) is 7.57. The zero-order chi connectivity index (χ0) is 37.3. The van der Waals surface area contributed by atoms with E-state index in [1.807, 2.05) is 46.7 Å². The van der Waals surface area contributed by atoms with Gasteiger partial charge >= 0.3 is 0 Å². The number of benzene rings is 2. The molecular formula is C43H43FN6O4. The van der Waals surface area contributed by atoms with Crippen LogP contribution in [-0.2, 0) is 22.6 Å². The summed E-state index contributed by atoms with van der Waals surface area (Å²) in [5, 5.41) is 2.73. The number of hydrogen-bond acceptors (Lipinski definition) is 7. The van der Waals surface area contributed by atoms with E-state index in [-0.39, 0.29) is 34.5 Å². The average molecular weight is 727 g/mol. The molecule has 2 aliphatic heterocycles. The lowest BCUT2D eigenvalue weighted by molar-refractivity contribution is -0.133. The third-order valence-corrected chi connectivity index (χ3v) is 11.0. The first kappa shape index (κ1) is 35.4. The van der Waals surface area contributed by atoms with E-state index in [0.29, 0.717) is 41.7 Å². The Morgan fingerprint density at radius 3 is 2.41 bits per heavy atom. The Labute approximate surface area is 313 Å². The van der Waals surface area contributed by atoms with E-state index in [9.17, 15) is 14.4 Å². The van der Waals surface area contributed by atoms with E-state index in [1.54, 1.807) is 49.1 Å². The molecule has 8 rings (SSSR count). The van der Waals surface area contributed by atoms with Crippen molar-refractivity contribution in [3.8, 4) is 33.5 Å². The zero-order valence-electron chi connectivity index (χ0n) is 30.3. The molecule has 276 valence electrons. The average Bonchev–Trinajstić information content (AvgIpc) is 3.47. The summed E-state index contributed by atoms with van der Waals surface area (Å²) in [6, 6.07) is 17.7. The number of aromatic nitrogens is 3. The van der Waals surface area contributed by atoms with Crippen molar-refractivity contribution in [1.82, 2.24) is 19.4 Å². The number of carbonyl (C=O) groups is 2. The monoisotopic (exact) mass is 726 g/mol. The zero-order valence-corrected chi connectivity index (χ0v) is 30.3. The van der Waals surface area contributed by atoms with Crippen LogP contribution in [-0.4, -0.2) is 51.0 Å². The molecule has 11 heteroatoms. The highest BCUT2D eigenvalue weighted by molar-refractivity contribution is 6.04. The Morgan fingerprint density at radius 1 is 0.907 bits per heavy atom. The predicted octanol–water partition coefficient (Wildman–Crippen LogP) is 7.11. The third-order valence-electron chi connectivity index (χ3n) is 11.0.